The number of benzene rings is 2. The number of anilines is 1. The Kier molecular flexibility index (Phi) is 7.11. The van der Waals surface area contributed by atoms with Crippen molar-refractivity contribution in [2.75, 3.05) is 11.1 Å². The fraction of sp³-hybridized carbons (Fsp3) is 0.0741. The van der Waals surface area contributed by atoms with E-state index in [4.69, 9.17) is 0 Å². The molecule has 0 radical (unpaired) electrons. The molecule has 0 fully saturated rings. The van der Waals surface area contributed by atoms with Crippen molar-refractivity contribution < 1.29 is 9.59 Å². The van der Waals surface area contributed by atoms with Crippen LogP contribution in [0.3, 0.4) is 0 Å². The quantitative estimate of drug-likeness (QED) is 0.285. The van der Waals surface area contributed by atoms with Crippen molar-refractivity contribution in [3.05, 3.63) is 108 Å². The van der Waals surface area contributed by atoms with E-state index < -0.39 is 0 Å². The van der Waals surface area contributed by atoms with E-state index in [2.05, 4.69) is 21.4 Å². The summed E-state index contributed by atoms with van der Waals surface area (Å²) in [6, 6.07) is 23.8. The number of amides is 1. The summed E-state index contributed by atoms with van der Waals surface area (Å²) in [5, 5.41) is 13.4. The minimum Gasteiger partial charge on any atom is -0.322 e. The van der Waals surface area contributed by atoms with Crippen LogP contribution in [0.4, 0.5) is 5.69 Å². The van der Waals surface area contributed by atoms with Gasteiger partial charge in [0.15, 0.2) is 5.78 Å². The van der Waals surface area contributed by atoms with E-state index in [1.165, 1.54) is 11.8 Å². The highest BCUT2D eigenvalue weighted by molar-refractivity contribution is 8.00. The molecule has 166 valence electrons. The van der Waals surface area contributed by atoms with Gasteiger partial charge in [0.2, 0.25) is 0 Å². The van der Waals surface area contributed by atoms with Crippen molar-refractivity contribution in [1.29, 1.82) is 5.26 Å². The highest BCUT2D eigenvalue weighted by Crippen LogP contribution is 2.35. The van der Waals surface area contributed by atoms with Crippen LogP contribution in [0, 0.1) is 18.3 Å². The highest BCUT2D eigenvalue weighted by Gasteiger charge is 2.25. The zero-order valence-electron chi connectivity index (χ0n) is 18.4. The van der Waals surface area contributed by atoms with E-state index in [1.54, 1.807) is 55.7 Å². The summed E-state index contributed by atoms with van der Waals surface area (Å²) in [5.74, 6) is -0.307. The van der Waals surface area contributed by atoms with E-state index in [-0.39, 0.29) is 23.0 Å². The number of ketones is 1. The van der Waals surface area contributed by atoms with Crippen LogP contribution in [-0.2, 0) is 0 Å². The molecular formula is C27H20N4O2S. The lowest BCUT2D eigenvalue weighted by Gasteiger charge is -2.17. The molecule has 0 bridgehead atoms. The number of para-hydroxylation sites is 1. The van der Waals surface area contributed by atoms with Crippen molar-refractivity contribution in [3.8, 4) is 17.2 Å². The smallest absolute Gasteiger partial charge is 0.258 e. The maximum absolute atomic E-state index is 13.3. The molecule has 2 aromatic carbocycles. The van der Waals surface area contributed by atoms with Crippen molar-refractivity contribution >= 4 is 29.1 Å². The molecular weight excluding hydrogens is 444 g/mol. The van der Waals surface area contributed by atoms with E-state index in [0.29, 0.717) is 38.7 Å². The van der Waals surface area contributed by atoms with Gasteiger partial charge in [-0.2, -0.15) is 5.26 Å². The summed E-state index contributed by atoms with van der Waals surface area (Å²) in [7, 11) is 0. The Bertz CT molecular complexity index is 1370. The zero-order chi connectivity index (χ0) is 23.9. The molecule has 0 unspecified atom stereocenters. The molecule has 4 aromatic rings. The number of nitriles is 1. The summed E-state index contributed by atoms with van der Waals surface area (Å²) in [6.07, 6.45) is 3.22. The SMILES string of the molecule is Cc1nc(SCC(=O)c2ccccc2)c(C#N)c(-c2ccncc2)c1C(=O)Nc1ccccc1. The van der Waals surface area contributed by atoms with Crippen LogP contribution < -0.4 is 5.32 Å². The Labute approximate surface area is 201 Å². The first-order valence-electron chi connectivity index (χ1n) is 10.5. The number of Topliss-reactive ketones (excluding diaryl/α,β-unsaturated/α-hetero) is 1. The maximum atomic E-state index is 13.3. The number of nitrogens with one attached hydrogen (secondary N) is 1. The van der Waals surface area contributed by atoms with Gasteiger partial charge in [0.05, 0.1) is 22.6 Å². The first-order chi connectivity index (χ1) is 16.6. The first kappa shape index (κ1) is 22.9. The van der Waals surface area contributed by atoms with Gasteiger partial charge in [0.25, 0.3) is 5.91 Å². The molecule has 0 saturated carbocycles. The van der Waals surface area contributed by atoms with Crippen LogP contribution in [0.25, 0.3) is 11.1 Å². The van der Waals surface area contributed by atoms with Crippen LogP contribution in [0.1, 0.15) is 32.0 Å². The Morgan fingerprint density at radius 2 is 1.62 bits per heavy atom. The monoisotopic (exact) mass is 464 g/mol. The molecule has 0 aliphatic rings. The van der Waals surface area contributed by atoms with Crippen LogP contribution in [0.15, 0.2) is 90.2 Å². The predicted octanol–water partition coefficient (Wildman–Crippen LogP) is 5.55. The lowest BCUT2D eigenvalue weighted by molar-refractivity contribution is 0.101. The van der Waals surface area contributed by atoms with Gasteiger partial charge in [-0.1, -0.05) is 60.3 Å². The molecule has 0 atom stereocenters. The normalized spacial score (nSPS) is 10.4. The lowest BCUT2D eigenvalue weighted by atomic mass is 9.95. The molecule has 7 heteroatoms. The third kappa shape index (κ3) is 5.03. The van der Waals surface area contributed by atoms with Gasteiger partial charge >= 0.3 is 0 Å². The van der Waals surface area contributed by atoms with Gasteiger partial charge in [-0.15, -0.1) is 0 Å². The van der Waals surface area contributed by atoms with Gasteiger partial charge in [-0.3, -0.25) is 14.6 Å². The Balaban J connectivity index is 1.76. The van der Waals surface area contributed by atoms with Crippen LogP contribution in [0.5, 0.6) is 0 Å². The fourth-order valence-electron chi connectivity index (χ4n) is 3.53. The second-order valence-corrected chi connectivity index (χ2v) is 8.34. The standard InChI is InChI=1S/C27H20N4O2S/c1-18-24(26(33)31-21-10-6-3-7-11-21)25(20-12-14-29-15-13-20)22(16-28)27(30-18)34-17-23(32)19-8-4-2-5-9-19/h2-15H,17H2,1H3,(H,31,33). The average Bonchev–Trinajstić information content (AvgIpc) is 2.88. The number of aromatic nitrogens is 2. The van der Waals surface area contributed by atoms with Crippen molar-refractivity contribution in [2.24, 2.45) is 0 Å². The third-order valence-corrected chi connectivity index (χ3v) is 6.10. The molecule has 0 aliphatic heterocycles. The van der Waals surface area contributed by atoms with Gasteiger partial charge in [0.1, 0.15) is 11.1 Å². The topological polar surface area (TPSA) is 95.7 Å². The number of hydrogen-bond acceptors (Lipinski definition) is 6. The Morgan fingerprint density at radius 1 is 0.971 bits per heavy atom. The van der Waals surface area contributed by atoms with Crippen molar-refractivity contribution in [3.63, 3.8) is 0 Å². The number of rotatable bonds is 7. The second kappa shape index (κ2) is 10.6. The molecule has 1 amide bonds. The zero-order valence-corrected chi connectivity index (χ0v) is 19.2. The Hall–Kier alpha value is -4.28. The number of carbonyl (C=O) groups is 2. The minimum atomic E-state index is -0.364. The van der Waals surface area contributed by atoms with Gasteiger partial charge in [0, 0.05) is 29.2 Å². The fourth-order valence-corrected chi connectivity index (χ4v) is 4.45. The number of hydrogen-bond donors (Lipinski definition) is 1. The summed E-state index contributed by atoms with van der Waals surface area (Å²) >= 11 is 1.19. The average molecular weight is 465 g/mol. The molecule has 0 aliphatic carbocycles. The molecule has 34 heavy (non-hydrogen) atoms. The molecule has 0 saturated heterocycles. The van der Waals surface area contributed by atoms with Gasteiger partial charge < -0.3 is 5.32 Å². The number of pyridine rings is 2. The summed E-state index contributed by atoms with van der Waals surface area (Å²) in [4.78, 5) is 34.6. The Morgan fingerprint density at radius 3 is 2.26 bits per heavy atom. The molecule has 2 aromatic heterocycles. The predicted molar refractivity (Wildman–Crippen MR) is 133 cm³/mol. The lowest BCUT2D eigenvalue weighted by Crippen LogP contribution is -2.17. The minimum absolute atomic E-state index is 0.0645. The highest BCUT2D eigenvalue weighted by atomic mass is 32.2. The van der Waals surface area contributed by atoms with Crippen LogP contribution in [0.2, 0.25) is 0 Å². The maximum Gasteiger partial charge on any atom is 0.258 e. The summed E-state index contributed by atoms with van der Waals surface area (Å²) < 4.78 is 0. The van der Waals surface area contributed by atoms with E-state index >= 15 is 0 Å². The number of nitrogens with zero attached hydrogens (tertiary/aromatic N) is 3. The summed E-state index contributed by atoms with van der Waals surface area (Å²) in [5.41, 5.74) is 3.41. The van der Waals surface area contributed by atoms with Crippen LogP contribution in [-0.4, -0.2) is 27.4 Å². The molecule has 0 spiro atoms. The van der Waals surface area contributed by atoms with E-state index in [0.717, 1.165) is 0 Å². The summed E-state index contributed by atoms with van der Waals surface area (Å²) in [6.45, 7) is 1.73. The third-order valence-electron chi connectivity index (χ3n) is 5.12. The van der Waals surface area contributed by atoms with E-state index in [9.17, 15) is 14.9 Å². The molecule has 4 rings (SSSR count). The van der Waals surface area contributed by atoms with Gasteiger partial charge in [-0.05, 0) is 36.8 Å². The van der Waals surface area contributed by atoms with Crippen molar-refractivity contribution in [2.45, 2.75) is 11.9 Å². The van der Waals surface area contributed by atoms with Crippen molar-refractivity contribution in [1.82, 2.24) is 9.97 Å². The molecule has 2 heterocycles. The largest absolute Gasteiger partial charge is 0.322 e. The second-order valence-electron chi connectivity index (χ2n) is 7.37. The number of aryl methyl sites for hydroxylation is 1. The first-order valence-corrected chi connectivity index (χ1v) is 11.5. The van der Waals surface area contributed by atoms with Gasteiger partial charge in [-0.25, -0.2) is 4.98 Å². The number of carbonyl (C=O) groups excluding carboxylic acids is 2. The van der Waals surface area contributed by atoms with E-state index in [1.807, 2.05) is 36.4 Å². The number of thioether (sulfide) groups is 1. The van der Waals surface area contributed by atoms with Crippen LogP contribution >= 0.6 is 11.8 Å². The molecule has 6 nitrogen and oxygen atoms in total. The molecule has 1 N–H and O–H groups in total.